The molecule has 0 aliphatic carbocycles. The molecule has 2 rings (SSSR count). The number of nitrogens with one attached hydrogen (secondary N) is 2. The minimum atomic E-state index is -0.390. The molecule has 2 aromatic rings. The molecule has 5 nitrogen and oxygen atoms in total. The number of anilines is 1. The van der Waals surface area contributed by atoms with Gasteiger partial charge in [0.1, 0.15) is 5.82 Å². The van der Waals surface area contributed by atoms with Gasteiger partial charge in [-0.2, -0.15) is 0 Å². The summed E-state index contributed by atoms with van der Waals surface area (Å²) >= 11 is 0. The van der Waals surface area contributed by atoms with Crippen molar-refractivity contribution in [1.29, 1.82) is 0 Å². The van der Waals surface area contributed by atoms with Crippen molar-refractivity contribution in [2.24, 2.45) is 0 Å². The van der Waals surface area contributed by atoms with E-state index in [1.54, 1.807) is 13.8 Å². The molecular weight excluding hydrogens is 254 g/mol. The second-order valence-electron chi connectivity index (χ2n) is 5.13. The van der Waals surface area contributed by atoms with Crippen LogP contribution in [0, 0.1) is 6.92 Å². The highest BCUT2D eigenvalue weighted by Crippen LogP contribution is 2.06. The Morgan fingerprint density at radius 1 is 1.25 bits per heavy atom. The van der Waals surface area contributed by atoms with Crippen molar-refractivity contribution in [2.45, 2.75) is 33.4 Å². The van der Waals surface area contributed by atoms with E-state index in [4.69, 9.17) is 0 Å². The van der Waals surface area contributed by atoms with Gasteiger partial charge in [0.05, 0.1) is 0 Å². The molecule has 0 amide bonds. The van der Waals surface area contributed by atoms with Crippen molar-refractivity contribution in [3.63, 3.8) is 0 Å². The maximum atomic E-state index is 11.9. The third kappa shape index (κ3) is 3.17. The molecule has 2 N–H and O–H groups in total. The average molecular weight is 273 g/mol. The lowest BCUT2D eigenvalue weighted by Crippen LogP contribution is -2.36. The SMILES string of the molecule is Cc1cccc(CNc2cc(=O)n(C(C)C)c(=O)[nH]2)c1. The van der Waals surface area contributed by atoms with Gasteiger partial charge in [-0.3, -0.25) is 14.3 Å². The number of hydrogen-bond acceptors (Lipinski definition) is 3. The average Bonchev–Trinajstić information content (AvgIpc) is 2.35. The highest BCUT2D eigenvalue weighted by atomic mass is 16.2. The first-order valence-electron chi connectivity index (χ1n) is 6.62. The van der Waals surface area contributed by atoms with E-state index in [2.05, 4.69) is 16.4 Å². The Labute approximate surface area is 117 Å². The van der Waals surface area contributed by atoms with Crippen LogP contribution < -0.4 is 16.6 Å². The summed E-state index contributed by atoms with van der Waals surface area (Å²) in [5.74, 6) is 0.443. The van der Waals surface area contributed by atoms with E-state index in [1.165, 1.54) is 16.2 Å². The van der Waals surface area contributed by atoms with Crippen molar-refractivity contribution in [3.8, 4) is 0 Å². The van der Waals surface area contributed by atoms with E-state index in [9.17, 15) is 9.59 Å². The van der Waals surface area contributed by atoms with Gasteiger partial charge >= 0.3 is 5.69 Å². The van der Waals surface area contributed by atoms with Crippen LogP contribution in [-0.4, -0.2) is 9.55 Å². The monoisotopic (exact) mass is 273 g/mol. The molecule has 1 heterocycles. The van der Waals surface area contributed by atoms with E-state index < -0.39 is 0 Å². The van der Waals surface area contributed by atoms with E-state index in [-0.39, 0.29) is 17.3 Å². The van der Waals surface area contributed by atoms with Gasteiger partial charge in [-0.15, -0.1) is 0 Å². The van der Waals surface area contributed by atoms with Crippen LogP contribution in [0.25, 0.3) is 0 Å². The molecule has 0 unspecified atom stereocenters. The number of aromatic amines is 1. The Kier molecular flexibility index (Phi) is 4.08. The predicted octanol–water partition coefficient (Wildman–Crippen LogP) is 2.04. The van der Waals surface area contributed by atoms with Gasteiger partial charge in [0.15, 0.2) is 0 Å². The largest absolute Gasteiger partial charge is 0.367 e. The summed E-state index contributed by atoms with van der Waals surface area (Å²) in [6.45, 7) is 6.19. The first-order valence-corrected chi connectivity index (χ1v) is 6.62. The lowest BCUT2D eigenvalue weighted by molar-refractivity contribution is 0.546. The summed E-state index contributed by atoms with van der Waals surface area (Å²) in [5.41, 5.74) is 1.58. The molecule has 0 saturated carbocycles. The lowest BCUT2D eigenvalue weighted by Gasteiger charge is -2.11. The standard InChI is InChI=1S/C15H19N3O2/c1-10(2)18-14(19)8-13(17-15(18)20)16-9-12-6-4-5-11(3)7-12/h4-8,10,16H,9H2,1-3H3,(H,17,20). The van der Waals surface area contributed by atoms with Crippen molar-refractivity contribution < 1.29 is 0 Å². The molecule has 5 heteroatoms. The fourth-order valence-corrected chi connectivity index (χ4v) is 2.11. The maximum absolute atomic E-state index is 11.9. The second-order valence-corrected chi connectivity index (χ2v) is 5.13. The van der Waals surface area contributed by atoms with Crippen molar-refractivity contribution in [2.75, 3.05) is 5.32 Å². The van der Waals surface area contributed by atoms with E-state index >= 15 is 0 Å². The highest BCUT2D eigenvalue weighted by molar-refractivity contribution is 5.34. The molecule has 0 spiro atoms. The van der Waals surface area contributed by atoms with Crippen LogP contribution in [0.15, 0.2) is 39.9 Å². The van der Waals surface area contributed by atoms with Gasteiger partial charge in [-0.1, -0.05) is 29.8 Å². The molecule has 0 bridgehead atoms. The molecule has 0 atom stereocenters. The Balaban J connectivity index is 2.19. The first kappa shape index (κ1) is 14.1. The fraction of sp³-hybridized carbons (Fsp3) is 0.333. The number of H-pyrrole nitrogens is 1. The third-order valence-electron chi connectivity index (χ3n) is 3.05. The Morgan fingerprint density at radius 2 is 2.00 bits per heavy atom. The molecule has 1 aromatic carbocycles. The Hall–Kier alpha value is -2.30. The highest BCUT2D eigenvalue weighted by Gasteiger charge is 2.07. The summed E-state index contributed by atoms with van der Waals surface area (Å²) in [7, 11) is 0. The van der Waals surface area contributed by atoms with Gasteiger partial charge in [0.2, 0.25) is 0 Å². The first-order chi connectivity index (χ1) is 9.47. The Bertz CT molecular complexity index is 682. The Morgan fingerprint density at radius 3 is 2.60 bits per heavy atom. The van der Waals surface area contributed by atoms with Crippen LogP contribution in [0.4, 0.5) is 5.82 Å². The van der Waals surface area contributed by atoms with Gasteiger partial charge in [0, 0.05) is 18.7 Å². The molecule has 0 radical (unpaired) electrons. The summed E-state index contributed by atoms with van der Waals surface area (Å²) in [6.07, 6.45) is 0. The number of nitrogens with zero attached hydrogens (tertiary/aromatic N) is 1. The van der Waals surface area contributed by atoms with E-state index in [0.717, 1.165) is 5.56 Å². The molecule has 0 aliphatic heterocycles. The lowest BCUT2D eigenvalue weighted by atomic mass is 10.1. The van der Waals surface area contributed by atoms with Crippen LogP contribution in [0.5, 0.6) is 0 Å². The normalized spacial score (nSPS) is 10.8. The van der Waals surface area contributed by atoms with Crippen LogP contribution >= 0.6 is 0 Å². The zero-order valence-corrected chi connectivity index (χ0v) is 11.9. The number of benzene rings is 1. The molecule has 106 valence electrons. The van der Waals surface area contributed by atoms with Crippen LogP contribution in [0.1, 0.15) is 31.0 Å². The molecule has 0 aliphatic rings. The van der Waals surface area contributed by atoms with Crippen LogP contribution in [0.3, 0.4) is 0 Å². The van der Waals surface area contributed by atoms with E-state index in [1.807, 2.05) is 25.1 Å². The molecule has 0 saturated heterocycles. The quantitative estimate of drug-likeness (QED) is 0.895. The number of rotatable bonds is 4. The summed E-state index contributed by atoms with van der Waals surface area (Å²) in [5, 5.41) is 3.07. The summed E-state index contributed by atoms with van der Waals surface area (Å²) in [4.78, 5) is 26.4. The topological polar surface area (TPSA) is 66.9 Å². The molecule has 20 heavy (non-hydrogen) atoms. The predicted molar refractivity (Wildman–Crippen MR) is 80.2 cm³/mol. The number of aromatic nitrogens is 2. The zero-order chi connectivity index (χ0) is 14.7. The molecule has 0 fully saturated rings. The van der Waals surface area contributed by atoms with Gasteiger partial charge in [-0.05, 0) is 26.3 Å². The smallest absolute Gasteiger partial charge is 0.330 e. The summed E-state index contributed by atoms with van der Waals surface area (Å²) in [6, 6.07) is 9.31. The number of aryl methyl sites for hydroxylation is 1. The van der Waals surface area contributed by atoms with Crippen molar-refractivity contribution >= 4 is 5.82 Å². The minimum Gasteiger partial charge on any atom is -0.367 e. The van der Waals surface area contributed by atoms with Crippen LogP contribution in [0.2, 0.25) is 0 Å². The number of hydrogen-bond donors (Lipinski definition) is 2. The van der Waals surface area contributed by atoms with Gasteiger partial charge in [0.25, 0.3) is 5.56 Å². The van der Waals surface area contributed by atoms with Gasteiger partial charge < -0.3 is 5.32 Å². The molecular formula is C15H19N3O2. The van der Waals surface area contributed by atoms with Gasteiger partial charge in [-0.25, -0.2) is 4.79 Å². The fourth-order valence-electron chi connectivity index (χ4n) is 2.11. The molecule has 1 aromatic heterocycles. The maximum Gasteiger partial charge on any atom is 0.330 e. The summed E-state index contributed by atoms with van der Waals surface area (Å²) < 4.78 is 1.19. The minimum absolute atomic E-state index is 0.155. The second kappa shape index (κ2) is 5.77. The van der Waals surface area contributed by atoms with Crippen LogP contribution in [-0.2, 0) is 6.54 Å². The van der Waals surface area contributed by atoms with E-state index in [0.29, 0.717) is 12.4 Å². The third-order valence-corrected chi connectivity index (χ3v) is 3.05. The zero-order valence-electron chi connectivity index (χ0n) is 11.9. The van der Waals surface area contributed by atoms with Crippen molar-refractivity contribution in [1.82, 2.24) is 9.55 Å². The van der Waals surface area contributed by atoms with Crippen molar-refractivity contribution in [3.05, 3.63) is 62.3 Å².